The van der Waals surface area contributed by atoms with Crippen molar-refractivity contribution in [2.24, 2.45) is 10.9 Å². The predicted molar refractivity (Wildman–Crippen MR) is 119 cm³/mol. The number of Topliss-reactive ketones (excluding diaryl/α,β-unsaturated/α-hetero) is 1. The van der Waals surface area contributed by atoms with Crippen LogP contribution < -0.4 is 5.32 Å². The van der Waals surface area contributed by atoms with Crippen LogP contribution >= 0.6 is 0 Å². The summed E-state index contributed by atoms with van der Waals surface area (Å²) < 4.78 is 0. The standard InChI is InChI=1S/C26H22N2O2/c29-23-13-7-12-21-24(23)25(17-8-3-1-4-9-17)28-20-15-14-19(16-22(20)27-21)26(30)18-10-5-2-6-11-18/h1-6,8-11,14-16,24-25,28H,7,12-13H2. The van der Waals surface area contributed by atoms with E-state index in [0.717, 1.165) is 35.5 Å². The summed E-state index contributed by atoms with van der Waals surface area (Å²) in [5.74, 6) is -0.0738. The molecule has 2 aliphatic rings. The third-order valence-electron chi connectivity index (χ3n) is 5.92. The Labute approximate surface area is 175 Å². The summed E-state index contributed by atoms with van der Waals surface area (Å²) in [6.07, 6.45) is 2.22. The van der Waals surface area contributed by atoms with E-state index in [1.54, 1.807) is 0 Å². The molecule has 0 spiro atoms. The second kappa shape index (κ2) is 7.71. The summed E-state index contributed by atoms with van der Waals surface area (Å²) in [4.78, 5) is 30.7. The third kappa shape index (κ3) is 3.35. The second-order valence-electron chi connectivity index (χ2n) is 7.86. The fourth-order valence-corrected chi connectivity index (χ4v) is 4.43. The molecule has 1 heterocycles. The summed E-state index contributed by atoms with van der Waals surface area (Å²) in [6, 6.07) is 24.8. The first kappa shape index (κ1) is 18.5. The van der Waals surface area contributed by atoms with E-state index in [0.29, 0.717) is 17.5 Å². The molecule has 3 aromatic rings. The molecule has 5 rings (SSSR count). The van der Waals surface area contributed by atoms with E-state index in [4.69, 9.17) is 4.99 Å². The largest absolute Gasteiger partial charge is 0.375 e. The minimum Gasteiger partial charge on any atom is -0.375 e. The van der Waals surface area contributed by atoms with Crippen LogP contribution in [0, 0.1) is 5.92 Å². The molecular formula is C26H22N2O2. The Kier molecular flexibility index (Phi) is 4.75. The number of aliphatic imine (C=N–C) groups is 1. The van der Waals surface area contributed by atoms with Crippen LogP contribution in [0.4, 0.5) is 11.4 Å². The van der Waals surface area contributed by atoms with Crippen molar-refractivity contribution < 1.29 is 9.59 Å². The number of ketones is 2. The van der Waals surface area contributed by atoms with Gasteiger partial charge >= 0.3 is 0 Å². The van der Waals surface area contributed by atoms with Crippen molar-refractivity contribution in [3.8, 4) is 0 Å². The van der Waals surface area contributed by atoms with Gasteiger partial charge in [0.15, 0.2) is 5.78 Å². The van der Waals surface area contributed by atoms with E-state index in [9.17, 15) is 9.59 Å². The fraction of sp³-hybridized carbons (Fsp3) is 0.192. The molecule has 2 atom stereocenters. The van der Waals surface area contributed by atoms with E-state index in [1.807, 2.05) is 66.7 Å². The number of hydrogen-bond donors (Lipinski definition) is 1. The summed E-state index contributed by atoms with van der Waals surface area (Å²) in [5, 5.41) is 3.56. The van der Waals surface area contributed by atoms with Crippen LogP contribution in [0.1, 0.15) is 46.8 Å². The molecule has 0 aromatic heterocycles. The van der Waals surface area contributed by atoms with Gasteiger partial charge in [0.05, 0.1) is 23.3 Å². The van der Waals surface area contributed by atoms with Gasteiger partial charge in [0.25, 0.3) is 0 Å². The second-order valence-corrected chi connectivity index (χ2v) is 7.86. The zero-order valence-electron chi connectivity index (χ0n) is 16.5. The highest BCUT2D eigenvalue weighted by atomic mass is 16.1. The molecular weight excluding hydrogens is 372 g/mol. The average Bonchev–Trinajstić information content (AvgIpc) is 2.96. The normalized spacial score (nSPS) is 20.3. The maximum atomic E-state index is 12.9. The number of rotatable bonds is 3. The number of anilines is 1. The molecule has 0 bridgehead atoms. The lowest BCUT2D eigenvalue weighted by Gasteiger charge is -2.30. The molecule has 4 heteroatoms. The molecule has 0 radical (unpaired) electrons. The van der Waals surface area contributed by atoms with Gasteiger partial charge in [0, 0.05) is 23.3 Å². The van der Waals surface area contributed by atoms with Gasteiger partial charge in [-0.2, -0.15) is 0 Å². The first-order valence-electron chi connectivity index (χ1n) is 10.4. The lowest BCUT2D eigenvalue weighted by atomic mass is 9.78. The fourth-order valence-electron chi connectivity index (χ4n) is 4.43. The molecule has 1 aliphatic heterocycles. The Bertz CT molecular complexity index is 1140. The van der Waals surface area contributed by atoms with Crippen LogP contribution in [0.3, 0.4) is 0 Å². The van der Waals surface area contributed by atoms with Gasteiger partial charge in [-0.1, -0.05) is 60.7 Å². The van der Waals surface area contributed by atoms with Crippen molar-refractivity contribution in [1.82, 2.24) is 0 Å². The molecule has 3 aromatic carbocycles. The van der Waals surface area contributed by atoms with Gasteiger partial charge in [-0.25, -0.2) is 0 Å². The Morgan fingerprint density at radius 2 is 1.60 bits per heavy atom. The molecule has 2 unspecified atom stereocenters. The molecule has 1 aliphatic carbocycles. The first-order chi connectivity index (χ1) is 14.7. The third-order valence-corrected chi connectivity index (χ3v) is 5.92. The zero-order chi connectivity index (χ0) is 20.5. The number of nitrogens with one attached hydrogen (secondary N) is 1. The van der Waals surface area contributed by atoms with Gasteiger partial charge in [-0.3, -0.25) is 14.6 Å². The quantitative estimate of drug-likeness (QED) is 0.595. The lowest BCUT2D eigenvalue weighted by molar-refractivity contribution is -0.122. The van der Waals surface area contributed by atoms with Crippen molar-refractivity contribution in [1.29, 1.82) is 0 Å². The van der Waals surface area contributed by atoms with Crippen LogP contribution in [-0.2, 0) is 4.79 Å². The summed E-state index contributed by atoms with van der Waals surface area (Å²) in [7, 11) is 0. The Morgan fingerprint density at radius 3 is 2.37 bits per heavy atom. The van der Waals surface area contributed by atoms with Gasteiger partial charge in [0.2, 0.25) is 0 Å². The molecule has 0 amide bonds. The van der Waals surface area contributed by atoms with Crippen molar-refractivity contribution in [2.75, 3.05) is 5.32 Å². The Morgan fingerprint density at radius 1 is 0.867 bits per heavy atom. The van der Waals surface area contributed by atoms with E-state index < -0.39 is 0 Å². The summed E-state index contributed by atoms with van der Waals surface area (Å²) in [6.45, 7) is 0. The van der Waals surface area contributed by atoms with Gasteiger partial charge in [-0.05, 0) is 36.6 Å². The Hall–Kier alpha value is -3.53. The predicted octanol–water partition coefficient (Wildman–Crippen LogP) is 5.53. The van der Waals surface area contributed by atoms with E-state index >= 15 is 0 Å². The van der Waals surface area contributed by atoms with Crippen LogP contribution in [0.5, 0.6) is 0 Å². The maximum Gasteiger partial charge on any atom is 0.193 e. The molecule has 1 N–H and O–H groups in total. The van der Waals surface area contributed by atoms with E-state index in [1.165, 1.54) is 0 Å². The number of hydrogen-bond acceptors (Lipinski definition) is 4. The molecule has 0 saturated heterocycles. The van der Waals surface area contributed by atoms with Crippen LogP contribution in [0.25, 0.3) is 0 Å². The average molecular weight is 394 g/mol. The van der Waals surface area contributed by atoms with Gasteiger partial charge in [-0.15, -0.1) is 0 Å². The van der Waals surface area contributed by atoms with E-state index in [2.05, 4.69) is 17.4 Å². The van der Waals surface area contributed by atoms with Gasteiger partial charge in [0.1, 0.15) is 5.78 Å². The smallest absolute Gasteiger partial charge is 0.193 e. The number of nitrogens with zero attached hydrogens (tertiary/aromatic N) is 1. The zero-order valence-corrected chi connectivity index (χ0v) is 16.5. The topological polar surface area (TPSA) is 58.5 Å². The minimum atomic E-state index is -0.276. The van der Waals surface area contributed by atoms with E-state index in [-0.39, 0.29) is 23.5 Å². The Balaban J connectivity index is 1.59. The SMILES string of the molecule is O=C(c1ccccc1)c1ccc2c(c1)N=C1CCCC(=O)C1C(c1ccccc1)N2. The highest BCUT2D eigenvalue weighted by Gasteiger charge is 2.38. The molecule has 1 saturated carbocycles. The number of carbonyl (C=O) groups is 2. The lowest BCUT2D eigenvalue weighted by Crippen LogP contribution is -2.36. The van der Waals surface area contributed by atoms with Crippen LogP contribution in [0.2, 0.25) is 0 Å². The first-order valence-corrected chi connectivity index (χ1v) is 10.4. The number of benzene rings is 3. The number of fused-ring (bicyclic) bond motifs is 2. The van der Waals surface area contributed by atoms with Crippen molar-refractivity contribution >= 4 is 28.7 Å². The molecule has 1 fully saturated rings. The molecule has 148 valence electrons. The minimum absolute atomic E-state index is 0.0290. The summed E-state index contributed by atoms with van der Waals surface area (Å²) >= 11 is 0. The van der Waals surface area contributed by atoms with Crippen LogP contribution in [0.15, 0.2) is 83.9 Å². The van der Waals surface area contributed by atoms with Crippen LogP contribution in [-0.4, -0.2) is 17.3 Å². The highest BCUT2D eigenvalue weighted by molar-refractivity contribution is 6.12. The van der Waals surface area contributed by atoms with Crippen molar-refractivity contribution in [3.05, 3.63) is 95.6 Å². The monoisotopic (exact) mass is 394 g/mol. The molecule has 4 nitrogen and oxygen atoms in total. The molecule has 30 heavy (non-hydrogen) atoms. The maximum absolute atomic E-state index is 12.9. The highest BCUT2D eigenvalue weighted by Crippen LogP contribution is 2.41. The van der Waals surface area contributed by atoms with Crippen molar-refractivity contribution in [3.63, 3.8) is 0 Å². The van der Waals surface area contributed by atoms with Crippen molar-refractivity contribution in [2.45, 2.75) is 25.3 Å². The summed E-state index contributed by atoms with van der Waals surface area (Å²) in [5.41, 5.74) is 4.81. The number of carbonyl (C=O) groups excluding carboxylic acids is 2. The van der Waals surface area contributed by atoms with Gasteiger partial charge < -0.3 is 5.32 Å².